The lowest BCUT2D eigenvalue weighted by Gasteiger charge is -2.09. The number of aryl methyl sites for hydroxylation is 1. The normalized spacial score (nSPS) is 12.8. The first kappa shape index (κ1) is 16.5. The van der Waals surface area contributed by atoms with Crippen LogP contribution in [-0.2, 0) is 18.0 Å². The zero-order chi connectivity index (χ0) is 17.0. The van der Waals surface area contributed by atoms with Crippen LogP contribution in [0.3, 0.4) is 0 Å². The van der Waals surface area contributed by atoms with Crippen molar-refractivity contribution in [3.8, 4) is 0 Å². The zero-order valence-electron chi connectivity index (χ0n) is 12.2. The van der Waals surface area contributed by atoms with Gasteiger partial charge in [0.1, 0.15) is 0 Å². The summed E-state index contributed by atoms with van der Waals surface area (Å²) in [6.45, 7) is 0. The number of primary amides is 1. The fraction of sp³-hybridized carbons (Fsp3) is 0.125. The molecule has 0 saturated carbocycles. The molecular formula is C16H14F3N3O. The number of halogens is 3. The zero-order valence-corrected chi connectivity index (χ0v) is 12.2. The van der Waals surface area contributed by atoms with Crippen molar-refractivity contribution in [2.75, 3.05) is 0 Å². The summed E-state index contributed by atoms with van der Waals surface area (Å²) in [5, 5.41) is 4.04. The summed E-state index contributed by atoms with van der Waals surface area (Å²) in [5.74, 6) is -0.612. The molecule has 0 atom stereocenters. The van der Waals surface area contributed by atoms with Gasteiger partial charge in [-0.25, -0.2) is 0 Å². The number of benzene rings is 1. The summed E-state index contributed by atoms with van der Waals surface area (Å²) in [5.41, 5.74) is 6.22. The van der Waals surface area contributed by atoms with Crippen LogP contribution in [0.4, 0.5) is 13.2 Å². The van der Waals surface area contributed by atoms with Gasteiger partial charge in [-0.15, -0.1) is 0 Å². The van der Waals surface area contributed by atoms with Crippen molar-refractivity contribution < 1.29 is 18.0 Å². The number of hydrogen-bond donors (Lipinski definition) is 1. The standard InChI is InChI=1S/C16H14F3N3O/c1-22-10-12(9-21-22)14(3-2-4-15(20)23)11-5-7-13(8-6-11)16(17,18)19/h2-10H,1H3,(H2,20,23)/b4-2+,14-3-. The molecule has 2 N–H and O–H groups in total. The molecule has 0 bridgehead atoms. The van der Waals surface area contributed by atoms with Crippen molar-refractivity contribution in [2.45, 2.75) is 6.18 Å². The maximum atomic E-state index is 12.6. The number of carbonyl (C=O) groups excluding carboxylic acids is 1. The Morgan fingerprint density at radius 1 is 1.22 bits per heavy atom. The molecule has 120 valence electrons. The smallest absolute Gasteiger partial charge is 0.366 e. The molecule has 1 amide bonds. The molecule has 23 heavy (non-hydrogen) atoms. The molecule has 2 aromatic rings. The van der Waals surface area contributed by atoms with Crippen LogP contribution in [-0.4, -0.2) is 15.7 Å². The third-order valence-corrected chi connectivity index (χ3v) is 3.06. The Labute approximate surface area is 130 Å². The highest BCUT2D eigenvalue weighted by Crippen LogP contribution is 2.31. The molecule has 7 heteroatoms. The number of nitrogens with two attached hydrogens (primary N) is 1. The van der Waals surface area contributed by atoms with Gasteiger partial charge in [0.15, 0.2) is 0 Å². The van der Waals surface area contributed by atoms with Crippen molar-refractivity contribution in [3.63, 3.8) is 0 Å². The molecule has 0 aliphatic carbocycles. The van der Waals surface area contributed by atoms with E-state index in [1.54, 1.807) is 30.2 Å². The third kappa shape index (κ3) is 4.32. The van der Waals surface area contributed by atoms with Crippen LogP contribution in [0.2, 0.25) is 0 Å². The largest absolute Gasteiger partial charge is 0.416 e. The second-order valence-corrected chi connectivity index (χ2v) is 4.82. The maximum Gasteiger partial charge on any atom is 0.416 e. The van der Waals surface area contributed by atoms with Gasteiger partial charge in [0.05, 0.1) is 11.8 Å². The van der Waals surface area contributed by atoms with Gasteiger partial charge in [-0.3, -0.25) is 9.48 Å². The van der Waals surface area contributed by atoms with Crippen LogP contribution >= 0.6 is 0 Å². The second kappa shape index (κ2) is 6.51. The van der Waals surface area contributed by atoms with E-state index in [1.165, 1.54) is 24.3 Å². The summed E-state index contributed by atoms with van der Waals surface area (Å²) in [4.78, 5) is 10.8. The van der Waals surface area contributed by atoms with Gasteiger partial charge < -0.3 is 5.73 Å². The van der Waals surface area contributed by atoms with Crippen LogP contribution in [0.5, 0.6) is 0 Å². The molecule has 2 rings (SSSR count). The molecule has 0 spiro atoms. The van der Waals surface area contributed by atoms with Crippen LogP contribution < -0.4 is 5.73 Å². The quantitative estimate of drug-likeness (QED) is 0.695. The van der Waals surface area contributed by atoms with E-state index in [2.05, 4.69) is 5.10 Å². The molecule has 1 heterocycles. The van der Waals surface area contributed by atoms with E-state index in [-0.39, 0.29) is 0 Å². The lowest BCUT2D eigenvalue weighted by atomic mass is 9.99. The lowest BCUT2D eigenvalue weighted by Crippen LogP contribution is -2.05. The molecule has 0 saturated heterocycles. The number of aromatic nitrogens is 2. The van der Waals surface area contributed by atoms with E-state index >= 15 is 0 Å². The summed E-state index contributed by atoms with van der Waals surface area (Å²) >= 11 is 0. The minimum atomic E-state index is -4.39. The Balaban J connectivity index is 2.43. The number of rotatable bonds is 4. The van der Waals surface area contributed by atoms with Crippen molar-refractivity contribution in [1.29, 1.82) is 0 Å². The summed E-state index contributed by atoms with van der Waals surface area (Å²) in [7, 11) is 1.73. The molecule has 0 unspecified atom stereocenters. The fourth-order valence-corrected chi connectivity index (χ4v) is 2.00. The van der Waals surface area contributed by atoms with Crippen LogP contribution in [0, 0.1) is 0 Å². The number of hydrogen-bond acceptors (Lipinski definition) is 2. The number of nitrogens with zero attached hydrogens (tertiary/aromatic N) is 2. The Kier molecular flexibility index (Phi) is 4.68. The highest BCUT2D eigenvalue weighted by atomic mass is 19.4. The van der Waals surface area contributed by atoms with Gasteiger partial charge in [0, 0.05) is 24.9 Å². The Morgan fingerprint density at radius 3 is 2.35 bits per heavy atom. The molecule has 0 aliphatic rings. The highest BCUT2D eigenvalue weighted by Gasteiger charge is 2.30. The Morgan fingerprint density at radius 2 is 1.87 bits per heavy atom. The number of carbonyl (C=O) groups is 1. The molecule has 0 fully saturated rings. The predicted octanol–water partition coefficient (Wildman–Crippen LogP) is 2.91. The van der Waals surface area contributed by atoms with Crippen LogP contribution in [0.25, 0.3) is 5.57 Å². The number of alkyl halides is 3. The monoisotopic (exact) mass is 321 g/mol. The lowest BCUT2D eigenvalue weighted by molar-refractivity contribution is -0.137. The van der Waals surface area contributed by atoms with Crippen molar-refractivity contribution in [1.82, 2.24) is 9.78 Å². The molecular weight excluding hydrogens is 307 g/mol. The van der Waals surface area contributed by atoms with Gasteiger partial charge in [0.25, 0.3) is 0 Å². The maximum absolute atomic E-state index is 12.6. The minimum absolute atomic E-state index is 0.570. The first-order valence-corrected chi connectivity index (χ1v) is 6.62. The Hall–Kier alpha value is -2.83. The predicted molar refractivity (Wildman–Crippen MR) is 80.1 cm³/mol. The van der Waals surface area contributed by atoms with Crippen LogP contribution in [0.1, 0.15) is 16.7 Å². The highest BCUT2D eigenvalue weighted by molar-refractivity contribution is 5.87. The van der Waals surface area contributed by atoms with Gasteiger partial charge >= 0.3 is 6.18 Å². The molecule has 1 aromatic carbocycles. The van der Waals surface area contributed by atoms with E-state index in [1.807, 2.05) is 0 Å². The van der Waals surface area contributed by atoms with E-state index in [0.717, 1.165) is 12.1 Å². The summed E-state index contributed by atoms with van der Waals surface area (Å²) < 4.78 is 39.5. The molecule has 1 aromatic heterocycles. The van der Waals surface area contributed by atoms with E-state index < -0.39 is 17.6 Å². The number of allylic oxidation sites excluding steroid dienone is 2. The second-order valence-electron chi connectivity index (χ2n) is 4.82. The van der Waals surface area contributed by atoms with E-state index in [0.29, 0.717) is 16.7 Å². The average Bonchev–Trinajstić information content (AvgIpc) is 2.89. The van der Waals surface area contributed by atoms with Gasteiger partial charge in [-0.05, 0) is 23.3 Å². The van der Waals surface area contributed by atoms with E-state index in [4.69, 9.17) is 5.73 Å². The third-order valence-electron chi connectivity index (χ3n) is 3.06. The SMILES string of the molecule is Cn1cc(/C(=C\C=C\C(N)=O)c2ccc(C(F)(F)F)cc2)cn1. The topological polar surface area (TPSA) is 60.9 Å². The first-order valence-electron chi connectivity index (χ1n) is 6.62. The molecule has 4 nitrogen and oxygen atoms in total. The van der Waals surface area contributed by atoms with Crippen molar-refractivity contribution >= 4 is 11.5 Å². The van der Waals surface area contributed by atoms with Gasteiger partial charge in [0.2, 0.25) is 5.91 Å². The Bertz CT molecular complexity index is 756. The van der Waals surface area contributed by atoms with Crippen molar-refractivity contribution in [3.05, 3.63) is 71.6 Å². The first-order chi connectivity index (χ1) is 10.8. The van der Waals surface area contributed by atoms with Gasteiger partial charge in [-0.1, -0.05) is 24.3 Å². The average molecular weight is 321 g/mol. The van der Waals surface area contributed by atoms with E-state index in [9.17, 15) is 18.0 Å². The summed E-state index contributed by atoms with van der Waals surface area (Å²) in [6.07, 6.45) is 3.14. The van der Waals surface area contributed by atoms with Crippen molar-refractivity contribution in [2.24, 2.45) is 12.8 Å². The molecule has 0 aliphatic heterocycles. The van der Waals surface area contributed by atoms with Crippen LogP contribution in [0.15, 0.2) is 54.9 Å². The summed E-state index contributed by atoms with van der Waals surface area (Å²) in [6, 6.07) is 4.77. The fourth-order valence-electron chi connectivity index (χ4n) is 2.00. The molecule has 0 radical (unpaired) electrons. The number of amides is 1. The van der Waals surface area contributed by atoms with Gasteiger partial charge in [-0.2, -0.15) is 18.3 Å². The minimum Gasteiger partial charge on any atom is -0.366 e.